The van der Waals surface area contributed by atoms with Gasteiger partial charge in [0, 0.05) is 18.3 Å². The Morgan fingerprint density at radius 2 is 2.04 bits per heavy atom. The molecule has 0 atom stereocenters. The van der Waals surface area contributed by atoms with Crippen LogP contribution in [0.15, 0.2) is 40.9 Å². The van der Waals surface area contributed by atoms with Gasteiger partial charge in [-0.1, -0.05) is 24.0 Å². The Kier molecular flexibility index (Phi) is 5.08. The first-order chi connectivity index (χ1) is 11.3. The number of hydrogen-bond donors (Lipinski definition) is 1. The van der Waals surface area contributed by atoms with E-state index in [1.807, 2.05) is 0 Å². The molecule has 1 aliphatic heterocycles. The van der Waals surface area contributed by atoms with Crippen LogP contribution in [-0.4, -0.2) is 26.0 Å². The van der Waals surface area contributed by atoms with Crippen LogP contribution in [0.3, 0.4) is 0 Å². The van der Waals surface area contributed by atoms with E-state index in [0.717, 1.165) is 22.9 Å². The number of rotatable bonds is 4. The topological polar surface area (TPSA) is 130 Å². The van der Waals surface area contributed by atoms with Crippen molar-refractivity contribution in [1.29, 1.82) is 5.26 Å². The van der Waals surface area contributed by atoms with Crippen LogP contribution in [-0.2, 0) is 9.59 Å². The quantitative estimate of drug-likeness (QED) is 0.284. The van der Waals surface area contributed by atoms with E-state index in [1.54, 1.807) is 6.07 Å². The average Bonchev–Trinajstić information content (AvgIpc) is 2.79. The molecular weight excluding hydrogens is 352 g/mol. The summed E-state index contributed by atoms with van der Waals surface area (Å²) in [7, 11) is 0. The second-order valence-electron chi connectivity index (χ2n) is 4.42. The normalized spacial score (nSPS) is 16.4. The summed E-state index contributed by atoms with van der Waals surface area (Å²) in [5, 5.41) is 19.4. The van der Waals surface area contributed by atoms with Crippen molar-refractivity contribution >= 4 is 51.9 Å². The summed E-state index contributed by atoms with van der Waals surface area (Å²) in [5.41, 5.74) is 5.13. The number of hydrogen-bond acceptors (Lipinski definition) is 7. The van der Waals surface area contributed by atoms with Gasteiger partial charge in [-0.25, -0.2) is 0 Å². The highest BCUT2D eigenvalue weighted by Gasteiger charge is 2.31. The molecule has 8 nitrogen and oxygen atoms in total. The zero-order valence-electron chi connectivity index (χ0n) is 11.8. The SMILES string of the molecule is N#C/C(=C/N1C(=O)/C(=C\c2ccc([N+](=O)[O-])cc2)SC1=S)C(N)=O. The molecule has 0 aromatic heterocycles. The number of nitrogens with two attached hydrogens (primary N) is 1. The third-order valence-corrected chi connectivity index (χ3v) is 4.20. The number of nitro benzene ring substituents is 1. The number of amides is 2. The standard InChI is InChI=1S/C14H8N4O4S2/c15-6-9(12(16)19)7-17-13(20)11(24-14(17)23)5-8-1-3-10(4-2-8)18(21)22/h1-5,7H,(H2,16,19)/b9-7-,11-5+. The minimum atomic E-state index is -0.967. The highest BCUT2D eigenvalue weighted by molar-refractivity contribution is 8.26. The first kappa shape index (κ1) is 17.3. The fourth-order valence-corrected chi connectivity index (χ4v) is 2.92. The van der Waals surface area contributed by atoms with Crippen molar-refractivity contribution in [2.24, 2.45) is 5.73 Å². The van der Waals surface area contributed by atoms with Crippen molar-refractivity contribution in [3.05, 3.63) is 56.6 Å². The van der Waals surface area contributed by atoms with Gasteiger partial charge in [0.15, 0.2) is 4.32 Å². The molecule has 1 saturated heterocycles. The van der Waals surface area contributed by atoms with Crippen LogP contribution in [0.5, 0.6) is 0 Å². The maximum atomic E-state index is 12.3. The van der Waals surface area contributed by atoms with Gasteiger partial charge < -0.3 is 5.73 Å². The second-order valence-corrected chi connectivity index (χ2v) is 6.09. The van der Waals surface area contributed by atoms with Crippen LogP contribution in [0, 0.1) is 21.4 Å². The third-order valence-electron chi connectivity index (χ3n) is 2.87. The summed E-state index contributed by atoms with van der Waals surface area (Å²) in [5.74, 6) is -1.48. The number of nitriles is 1. The first-order valence-corrected chi connectivity index (χ1v) is 7.49. The van der Waals surface area contributed by atoms with E-state index in [9.17, 15) is 19.7 Å². The predicted octanol–water partition coefficient (Wildman–Crippen LogP) is 1.69. The lowest BCUT2D eigenvalue weighted by molar-refractivity contribution is -0.384. The van der Waals surface area contributed by atoms with Gasteiger partial charge in [-0.2, -0.15) is 5.26 Å². The Hall–Kier alpha value is -3.03. The second kappa shape index (κ2) is 7.03. The van der Waals surface area contributed by atoms with E-state index in [4.69, 9.17) is 23.2 Å². The number of thiocarbonyl (C=S) groups is 1. The van der Waals surface area contributed by atoms with Crippen molar-refractivity contribution in [2.45, 2.75) is 0 Å². The van der Waals surface area contributed by atoms with Crippen molar-refractivity contribution in [3.8, 4) is 6.07 Å². The predicted molar refractivity (Wildman–Crippen MR) is 91.0 cm³/mol. The molecule has 1 aromatic rings. The molecule has 2 rings (SSSR count). The highest BCUT2D eigenvalue weighted by Crippen LogP contribution is 2.33. The average molecular weight is 360 g/mol. The number of carbonyl (C=O) groups is 2. The molecule has 24 heavy (non-hydrogen) atoms. The summed E-state index contributed by atoms with van der Waals surface area (Å²) >= 11 is 6.03. The van der Waals surface area contributed by atoms with Crippen LogP contribution in [0.25, 0.3) is 6.08 Å². The Morgan fingerprint density at radius 3 is 2.54 bits per heavy atom. The summed E-state index contributed by atoms with van der Waals surface area (Å²) in [4.78, 5) is 34.7. The number of carbonyl (C=O) groups excluding carboxylic acids is 2. The minimum Gasteiger partial charge on any atom is -0.365 e. The summed E-state index contributed by atoms with van der Waals surface area (Å²) in [6.45, 7) is 0. The Balaban J connectivity index is 2.29. The molecule has 1 aromatic carbocycles. The summed E-state index contributed by atoms with van der Waals surface area (Å²) < 4.78 is 0.141. The number of thioether (sulfide) groups is 1. The van der Waals surface area contributed by atoms with Crippen LogP contribution in [0.4, 0.5) is 5.69 Å². The Morgan fingerprint density at radius 1 is 1.42 bits per heavy atom. The van der Waals surface area contributed by atoms with Gasteiger partial charge in [-0.3, -0.25) is 24.6 Å². The maximum Gasteiger partial charge on any atom is 0.270 e. The zero-order chi connectivity index (χ0) is 17.9. The van der Waals surface area contributed by atoms with Gasteiger partial charge in [-0.05, 0) is 23.8 Å². The van der Waals surface area contributed by atoms with Gasteiger partial charge in [0.25, 0.3) is 17.5 Å². The van der Waals surface area contributed by atoms with Gasteiger partial charge >= 0.3 is 0 Å². The molecule has 120 valence electrons. The summed E-state index contributed by atoms with van der Waals surface area (Å²) in [6, 6.07) is 7.20. The highest BCUT2D eigenvalue weighted by atomic mass is 32.2. The number of nitrogens with zero attached hydrogens (tertiary/aromatic N) is 3. The zero-order valence-corrected chi connectivity index (χ0v) is 13.5. The Bertz CT molecular complexity index is 853. The number of benzene rings is 1. The number of nitro groups is 1. The molecule has 10 heteroatoms. The van der Waals surface area contributed by atoms with E-state index in [0.29, 0.717) is 5.56 Å². The molecule has 0 radical (unpaired) electrons. The molecular formula is C14H8N4O4S2. The lowest BCUT2D eigenvalue weighted by Crippen LogP contribution is -2.24. The maximum absolute atomic E-state index is 12.3. The van der Waals surface area contributed by atoms with Crippen LogP contribution in [0.2, 0.25) is 0 Å². The van der Waals surface area contributed by atoms with Crippen LogP contribution < -0.4 is 5.73 Å². The number of primary amides is 1. The van der Waals surface area contributed by atoms with Gasteiger partial charge in [-0.15, -0.1) is 0 Å². The van der Waals surface area contributed by atoms with Gasteiger partial charge in [0.1, 0.15) is 11.6 Å². The van der Waals surface area contributed by atoms with E-state index < -0.39 is 22.3 Å². The smallest absolute Gasteiger partial charge is 0.270 e. The van der Waals surface area contributed by atoms with Gasteiger partial charge in [0.2, 0.25) is 0 Å². The summed E-state index contributed by atoms with van der Waals surface area (Å²) in [6.07, 6.45) is 2.50. The van der Waals surface area contributed by atoms with E-state index in [2.05, 4.69) is 0 Å². The van der Waals surface area contributed by atoms with E-state index in [1.165, 1.54) is 30.3 Å². The monoisotopic (exact) mass is 360 g/mol. The van der Waals surface area contributed by atoms with Crippen molar-refractivity contribution < 1.29 is 14.5 Å². The van der Waals surface area contributed by atoms with Crippen molar-refractivity contribution in [2.75, 3.05) is 0 Å². The number of non-ortho nitro benzene ring substituents is 1. The first-order valence-electron chi connectivity index (χ1n) is 6.26. The van der Waals surface area contributed by atoms with Crippen molar-refractivity contribution in [3.63, 3.8) is 0 Å². The fraction of sp³-hybridized carbons (Fsp3) is 0. The van der Waals surface area contributed by atoms with Crippen LogP contribution >= 0.6 is 24.0 Å². The van der Waals surface area contributed by atoms with Gasteiger partial charge in [0.05, 0.1) is 9.83 Å². The minimum absolute atomic E-state index is 0.0669. The largest absolute Gasteiger partial charge is 0.365 e. The molecule has 1 aliphatic rings. The van der Waals surface area contributed by atoms with E-state index >= 15 is 0 Å². The van der Waals surface area contributed by atoms with Crippen LogP contribution in [0.1, 0.15) is 5.56 Å². The molecule has 0 saturated carbocycles. The molecule has 1 heterocycles. The molecule has 2 amide bonds. The molecule has 0 aliphatic carbocycles. The molecule has 0 spiro atoms. The molecule has 0 bridgehead atoms. The molecule has 1 fully saturated rings. The fourth-order valence-electron chi connectivity index (χ4n) is 1.71. The molecule has 2 N–H and O–H groups in total. The lowest BCUT2D eigenvalue weighted by atomic mass is 10.2. The lowest BCUT2D eigenvalue weighted by Gasteiger charge is -2.07. The Labute approximate surface area is 145 Å². The van der Waals surface area contributed by atoms with E-state index in [-0.39, 0.29) is 14.9 Å². The van der Waals surface area contributed by atoms with Crippen molar-refractivity contribution in [1.82, 2.24) is 4.90 Å². The third kappa shape index (κ3) is 3.65. The molecule has 0 unspecified atom stereocenters.